The van der Waals surface area contributed by atoms with Crippen LogP contribution in [-0.2, 0) is 0 Å². The van der Waals surface area contributed by atoms with Gasteiger partial charge in [0.1, 0.15) is 0 Å². The number of nitrogens with one attached hydrogen (secondary N) is 1. The van der Waals surface area contributed by atoms with E-state index >= 15 is 0 Å². The van der Waals surface area contributed by atoms with Crippen LogP contribution < -0.4 is 0 Å². The molecule has 1 fully saturated rings. The second-order valence-corrected chi connectivity index (χ2v) is 7.13. The lowest BCUT2D eigenvalue weighted by Crippen LogP contribution is -2.32. The van der Waals surface area contributed by atoms with E-state index in [9.17, 15) is 5.11 Å². The summed E-state index contributed by atoms with van der Waals surface area (Å²) in [5, 5.41) is 19.5. The summed E-state index contributed by atoms with van der Waals surface area (Å²) in [5.41, 5.74) is 0.657. The normalized spacial score (nSPS) is 21.2. The molecule has 1 heterocycles. The summed E-state index contributed by atoms with van der Waals surface area (Å²) in [7, 11) is 0. The van der Waals surface area contributed by atoms with E-state index in [-0.39, 0.29) is 0 Å². The Kier molecular flexibility index (Phi) is 3.64. The predicted octanol–water partition coefficient (Wildman–Crippen LogP) is 4.86. The lowest BCUT2D eigenvalue weighted by molar-refractivity contribution is -0.00781. The highest BCUT2D eigenvalue weighted by Crippen LogP contribution is 2.47. The summed E-state index contributed by atoms with van der Waals surface area (Å²) in [6.07, 6.45) is 5.71. The van der Waals surface area contributed by atoms with Crippen LogP contribution in [0.15, 0.2) is 18.3 Å². The molecule has 1 aromatic heterocycles. The van der Waals surface area contributed by atoms with Crippen molar-refractivity contribution < 1.29 is 6.48 Å². The Labute approximate surface area is 132 Å². The second-order valence-electron chi connectivity index (χ2n) is 6.69. The third kappa shape index (κ3) is 2.69. The van der Waals surface area contributed by atoms with Gasteiger partial charge in [0, 0.05) is 16.0 Å². The maximum atomic E-state index is 11.2. The molecule has 2 N–H and O–H groups in total. The summed E-state index contributed by atoms with van der Waals surface area (Å²) in [6, 6.07) is 3.49. The first-order chi connectivity index (χ1) is 10.3. The molecule has 114 valence electrons. The molecule has 0 amide bonds. The van der Waals surface area contributed by atoms with Crippen molar-refractivity contribution in [2.75, 3.05) is 0 Å². The van der Waals surface area contributed by atoms with Crippen LogP contribution in [0.4, 0.5) is 0 Å². The molecule has 1 atom stereocenters. The molecule has 2 aromatic rings. The van der Waals surface area contributed by atoms with E-state index in [2.05, 4.69) is 10.2 Å². The van der Waals surface area contributed by atoms with Crippen LogP contribution in [0, 0.1) is 11.3 Å². The monoisotopic (exact) mass is 307 g/mol. The van der Waals surface area contributed by atoms with Gasteiger partial charge in [0.2, 0.25) is 0 Å². The Morgan fingerprint density at radius 2 is 2.10 bits per heavy atom. The van der Waals surface area contributed by atoms with E-state index in [0.29, 0.717) is 22.0 Å². The number of hydrogen-bond donors (Lipinski definition) is 2. The smallest absolute Gasteiger partial charge is 0.0864 e. The molecule has 3 rings (SSSR count). The molecule has 0 bridgehead atoms. The number of nitrogens with zero attached hydrogens (tertiary/aromatic N) is 1. The van der Waals surface area contributed by atoms with Gasteiger partial charge in [-0.15, -0.1) is 0 Å². The molecule has 21 heavy (non-hydrogen) atoms. The quantitative estimate of drug-likeness (QED) is 0.851. The highest BCUT2D eigenvalue weighted by molar-refractivity contribution is 6.31. The van der Waals surface area contributed by atoms with Gasteiger partial charge in [-0.25, -0.2) is 0 Å². The van der Waals surface area contributed by atoms with Gasteiger partial charge in [0.05, 0.1) is 19.2 Å². The molecule has 0 spiro atoms. The first kappa shape index (κ1) is 13.6. The number of aromatic nitrogens is 2. The Hall–Kier alpha value is -1.06. The fourth-order valence-electron chi connectivity index (χ4n) is 3.57. The zero-order chi connectivity index (χ0) is 16.0. The minimum atomic E-state index is -1.72. The summed E-state index contributed by atoms with van der Waals surface area (Å²) in [5.74, 6) is 0.334. The number of halogens is 1. The Morgan fingerprint density at radius 1 is 1.38 bits per heavy atom. The molecule has 1 aliphatic carbocycles. The van der Waals surface area contributed by atoms with E-state index in [1.54, 1.807) is 18.3 Å². The van der Waals surface area contributed by atoms with Gasteiger partial charge in [-0.05, 0) is 36.3 Å². The standard InChI is InChI=1S/C17H23ClN2O/c1-17(2,12-6-4-3-5-7-12)16(21)14-9-13(18)8-11-10-19-20-15(11)14/h8-10,12,16,21H,3-7H2,1-2H3,(H,19,20)/i16D. The average molecular weight is 308 g/mol. The van der Waals surface area contributed by atoms with Crippen LogP contribution in [0.2, 0.25) is 5.02 Å². The number of rotatable bonds is 3. The van der Waals surface area contributed by atoms with Crippen LogP contribution in [-0.4, -0.2) is 15.3 Å². The van der Waals surface area contributed by atoms with Crippen LogP contribution in [0.5, 0.6) is 0 Å². The van der Waals surface area contributed by atoms with Gasteiger partial charge in [-0.3, -0.25) is 5.10 Å². The summed E-state index contributed by atoms with van der Waals surface area (Å²) >= 11 is 6.19. The average Bonchev–Trinajstić information content (AvgIpc) is 2.95. The van der Waals surface area contributed by atoms with Crippen molar-refractivity contribution in [1.29, 1.82) is 0 Å². The number of H-pyrrole nitrogens is 1. The summed E-state index contributed by atoms with van der Waals surface area (Å²) < 4.78 is 8.77. The van der Waals surface area contributed by atoms with E-state index in [0.717, 1.165) is 18.2 Å². The van der Waals surface area contributed by atoms with Gasteiger partial charge in [-0.1, -0.05) is 44.7 Å². The first-order valence-corrected chi connectivity index (χ1v) is 8.07. The van der Waals surface area contributed by atoms with Crippen LogP contribution >= 0.6 is 11.6 Å². The van der Waals surface area contributed by atoms with Gasteiger partial charge >= 0.3 is 0 Å². The van der Waals surface area contributed by atoms with E-state index in [1.165, 1.54) is 19.3 Å². The number of hydrogen-bond acceptors (Lipinski definition) is 2. The first-order valence-electron chi connectivity index (χ1n) is 8.19. The number of benzene rings is 1. The summed E-state index contributed by atoms with van der Waals surface area (Å²) in [6.45, 7) is 4.00. The Bertz CT molecular complexity index is 674. The zero-order valence-corrected chi connectivity index (χ0v) is 13.4. The van der Waals surface area contributed by atoms with Gasteiger partial charge in [0.15, 0.2) is 0 Å². The molecule has 1 saturated carbocycles. The largest absolute Gasteiger partial charge is 0.388 e. The van der Waals surface area contributed by atoms with Gasteiger partial charge < -0.3 is 5.11 Å². The van der Waals surface area contributed by atoms with E-state index in [4.69, 9.17) is 13.0 Å². The molecule has 0 aliphatic heterocycles. The minimum Gasteiger partial charge on any atom is -0.388 e. The van der Waals surface area contributed by atoms with Crippen molar-refractivity contribution in [2.24, 2.45) is 11.3 Å². The van der Waals surface area contributed by atoms with Gasteiger partial charge in [-0.2, -0.15) is 5.10 Å². The van der Waals surface area contributed by atoms with Crippen molar-refractivity contribution in [3.05, 3.63) is 28.9 Å². The van der Waals surface area contributed by atoms with Crippen LogP contribution in [0.3, 0.4) is 0 Å². The van der Waals surface area contributed by atoms with Crippen molar-refractivity contribution in [2.45, 2.75) is 52.0 Å². The molecular formula is C17H23ClN2O. The van der Waals surface area contributed by atoms with Crippen molar-refractivity contribution in [3.63, 3.8) is 0 Å². The third-order valence-corrected chi connectivity index (χ3v) is 5.22. The topological polar surface area (TPSA) is 48.9 Å². The molecule has 3 nitrogen and oxygen atoms in total. The maximum Gasteiger partial charge on any atom is 0.0864 e. The highest BCUT2D eigenvalue weighted by Gasteiger charge is 2.38. The molecule has 4 heteroatoms. The number of aromatic amines is 1. The number of aliphatic hydroxyl groups is 1. The van der Waals surface area contributed by atoms with Crippen molar-refractivity contribution in [1.82, 2.24) is 10.2 Å². The minimum absolute atomic E-state index is 0.334. The Balaban J connectivity index is 2.08. The predicted molar refractivity (Wildman–Crippen MR) is 86.4 cm³/mol. The zero-order valence-electron chi connectivity index (χ0n) is 13.6. The molecule has 1 unspecified atom stereocenters. The second kappa shape index (κ2) is 5.62. The lowest BCUT2D eigenvalue weighted by atomic mass is 9.66. The SMILES string of the molecule is [2H]C(O)(c1cc(Cl)cc2cn[nH]c12)C(C)(C)C1CCCCC1. The van der Waals surface area contributed by atoms with Crippen molar-refractivity contribution in [3.8, 4) is 0 Å². The van der Waals surface area contributed by atoms with E-state index < -0.39 is 11.5 Å². The molecule has 0 radical (unpaired) electrons. The number of fused-ring (bicyclic) bond motifs is 1. The third-order valence-electron chi connectivity index (χ3n) is 5.00. The van der Waals surface area contributed by atoms with Gasteiger partial charge in [0.25, 0.3) is 0 Å². The van der Waals surface area contributed by atoms with Crippen LogP contribution in [0.25, 0.3) is 10.9 Å². The lowest BCUT2D eigenvalue weighted by Gasteiger charge is -2.41. The molecule has 1 aliphatic rings. The Morgan fingerprint density at radius 3 is 2.81 bits per heavy atom. The van der Waals surface area contributed by atoms with Crippen LogP contribution in [0.1, 0.15) is 59.0 Å². The van der Waals surface area contributed by atoms with E-state index in [1.807, 2.05) is 13.8 Å². The molecular weight excluding hydrogens is 284 g/mol. The fourth-order valence-corrected chi connectivity index (χ4v) is 3.80. The van der Waals surface area contributed by atoms with Crippen molar-refractivity contribution >= 4 is 22.5 Å². The highest BCUT2D eigenvalue weighted by atomic mass is 35.5. The fraction of sp³-hybridized carbons (Fsp3) is 0.588. The molecule has 1 aromatic carbocycles. The molecule has 0 saturated heterocycles. The summed E-state index contributed by atoms with van der Waals surface area (Å²) in [4.78, 5) is 0. The maximum absolute atomic E-state index is 11.2.